The van der Waals surface area contributed by atoms with Crippen LogP contribution < -0.4 is 4.74 Å². The molecule has 1 aromatic rings. The van der Waals surface area contributed by atoms with Crippen LogP contribution in [0.2, 0.25) is 5.02 Å². The van der Waals surface area contributed by atoms with E-state index in [1.165, 1.54) is 5.56 Å². The molecule has 0 spiro atoms. The van der Waals surface area contributed by atoms with Crippen LogP contribution in [-0.2, 0) is 17.6 Å². The molecule has 1 fully saturated rings. The van der Waals surface area contributed by atoms with E-state index in [0.717, 1.165) is 55.2 Å². The standard InChI is InChI=1S/C17H23ClO3/c1-2-20-16-6-11(7-16)5-15(19)10-13-9-14(18)8-12-3-4-21-17(12)13/h8-9,11,15-16,19H,2-7,10H2,1H3. The van der Waals surface area contributed by atoms with Crippen LogP contribution in [0.15, 0.2) is 12.1 Å². The van der Waals surface area contributed by atoms with E-state index in [0.29, 0.717) is 18.4 Å². The summed E-state index contributed by atoms with van der Waals surface area (Å²) in [6.07, 6.45) is 4.61. The van der Waals surface area contributed by atoms with Gasteiger partial charge in [0.1, 0.15) is 5.75 Å². The van der Waals surface area contributed by atoms with Crippen molar-refractivity contribution in [2.75, 3.05) is 13.2 Å². The fraction of sp³-hybridized carbons (Fsp3) is 0.647. The van der Waals surface area contributed by atoms with Gasteiger partial charge in [-0.1, -0.05) is 11.6 Å². The highest BCUT2D eigenvalue weighted by Crippen LogP contribution is 2.36. The Labute approximate surface area is 131 Å². The molecule has 0 saturated heterocycles. The highest BCUT2D eigenvalue weighted by Gasteiger charge is 2.31. The number of hydrogen-bond acceptors (Lipinski definition) is 3. The lowest BCUT2D eigenvalue weighted by molar-refractivity contribution is -0.0376. The summed E-state index contributed by atoms with van der Waals surface area (Å²) in [7, 11) is 0. The summed E-state index contributed by atoms with van der Waals surface area (Å²) < 4.78 is 11.3. The molecule has 4 heteroatoms. The Kier molecular flexibility index (Phi) is 4.72. The second kappa shape index (κ2) is 6.55. The maximum atomic E-state index is 10.3. The Bertz CT molecular complexity index is 497. The lowest BCUT2D eigenvalue weighted by atomic mass is 9.78. The van der Waals surface area contributed by atoms with Gasteiger partial charge >= 0.3 is 0 Å². The Hall–Kier alpha value is -0.770. The molecule has 1 N–H and O–H groups in total. The van der Waals surface area contributed by atoms with Crippen molar-refractivity contribution in [2.24, 2.45) is 5.92 Å². The Morgan fingerprint density at radius 1 is 1.43 bits per heavy atom. The van der Waals surface area contributed by atoms with E-state index in [2.05, 4.69) is 0 Å². The van der Waals surface area contributed by atoms with Crippen LogP contribution in [0, 0.1) is 5.92 Å². The highest BCUT2D eigenvalue weighted by atomic mass is 35.5. The first-order chi connectivity index (χ1) is 10.2. The molecule has 21 heavy (non-hydrogen) atoms. The van der Waals surface area contributed by atoms with Gasteiger partial charge in [-0.05, 0) is 55.4 Å². The third-order valence-corrected chi connectivity index (χ3v) is 4.70. The van der Waals surface area contributed by atoms with Gasteiger partial charge in [0.05, 0.1) is 18.8 Å². The molecule has 116 valence electrons. The number of ether oxygens (including phenoxy) is 2. The van der Waals surface area contributed by atoms with Gasteiger partial charge < -0.3 is 14.6 Å². The molecule has 0 bridgehead atoms. The van der Waals surface area contributed by atoms with E-state index in [4.69, 9.17) is 21.1 Å². The maximum Gasteiger partial charge on any atom is 0.126 e. The van der Waals surface area contributed by atoms with Crippen LogP contribution in [0.25, 0.3) is 0 Å². The normalized spacial score (nSPS) is 25.1. The van der Waals surface area contributed by atoms with Crippen molar-refractivity contribution in [3.05, 3.63) is 28.3 Å². The van der Waals surface area contributed by atoms with Gasteiger partial charge in [0.15, 0.2) is 0 Å². The lowest BCUT2D eigenvalue weighted by Crippen LogP contribution is -2.34. The van der Waals surface area contributed by atoms with Crippen molar-refractivity contribution < 1.29 is 14.6 Å². The number of rotatable bonds is 6. The number of halogens is 1. The molecule has 0 amide bonds. The van der Waals surface area contributed by atoms with E-state index >= 15 is 0 Å². The van der Waals surface area contributed by atoms with E-state index in [1.807, 2.05) is 19.1 Å². The van der Waals surface area contributed by atoms with Crippen LogP contribution in [0.3, 0.4) is 0 Å². The molecule has 3 rings (SSSR count). The summed E-state index contributed by atoms with van der Waals surface area (Å²) in [4.78, 5) is 0. The highest BCUT2D eigenvalue weighted by molar-refractivity contribution is 6.30. The predicted octanol–water partition coefficient (Wildman–Crippen LogP) is 3.38. The van der Waals surface area contributed by atoms with Crippen molar-refractivity contribution in [1.82, 2.24) is 0 Å². The summed E-state index contributed by atoms with van der Waals surface area (Å²) in [5.74, 6) is 1.53. The first kappa shape index (κ1) is 15.1. The van der Waals surface area contributed by atoms with Gasteiger partial charge in [0, 0.05) is 24.5 Å². The zero-order valence-corrected chi connectivity index (χ0v) is 13.2. The minimum absolute atomic E-state index is 0.329. The molecule has 1 aliphatic carbocycles. The molecular weight excluding hydrogens is 288 g/mol. The lowest BCUT2D eigenvalue weighted by Gasteiger charge is -2.36. The van der Waals surface area contributed by atoms with Crippen LogP contribution in [-0.4, -0.2) is 30.5 Å². The molecule has 1 aliphatic heterocycles. The first-order valence-corrected chi connectivity index (χ1v) is 8.27. The molecule has 0 radical (unpaired) electrons. The van der Waals surface area contributed by atoms with Gasteiger partial charge in [-0.2, -0.15) is 0 Å². The largest absolute Gasteiger partial charge is 0.493 e. The Morgan fingerprint density at radius 3 is 3.00 bits per heavy atom. The fourth-order valence-electron chi connectivity index (χ4n) is 3.46. The van der Waals surface area contributed by atoms with Crippen LogP contribution in [0.1, 0.15) is 37.3 Å². The van der Waals surface area contributed by atoms with Crippen molar-refractivity contribution >= 4 is 11.6 Å². The molecular formula is C17H23ClO3. The SMILES string of the molecule is CCOC1CC(CC(O)Cc2cc(Cl)cc3c2OCC3)C1. The third-order valence-electron chi connectivity index (χ3n) is 4.48. The van der Waals surface area contributed by atoms with Gasteiger partial charge in [-0.15, -0.1) is 0 Å². The fourth-order valence-corrected chi connectivity index (χ4v) is 3.72. The zero-order chi connectivity index (χ0) is 14.8. The minimum atomic E-state index is -0.329. The molecule has 1 heterocycles. The van der Waals surface area contributed by atoms with Gasteiger partial charge in [0.25, 0.3) is 0 Å². The van der Waals surface area contributed by atoms with E-state index in [-0.39, 0.29) is 6.10 Å². The van der Waals surface area contributed by atoms with Crippen LogP contribution in [0.4, 0.5) is 0 Å². The third kappa shape index (κ3) is 3.53. The van der Waals surface area contributed by atoms with Crippen molar-refractivity contribution in [2.45, 2.75) is 51.2 Å². The summed E-state index contributed by atoms with van der Waals surface area (Å²) in [6, 6.07) is 3.90. The van der Waals surface area contributed by atoms with Crippen molar-refractivity contribution in [3.8, 4) is 5.75 Å². The Balaban J connectivity index is 1.55. The molecule has 1 atom stereocenters. The topological polar surface area (TPSA) is 38.7 Å². The average molecular weight is 311 g/mol. The van der Waals surface area contributed by atoms with Crippen molar-refractivity contribution in [1.29, 1.82) is 0 Å². The summed E-state index contributed by atoms with van der Waals surface area (Å²) in [5, 5.41) is 11.1. The number of hydrogen-bond donors (Lipinski definition) is 1. The number of aliphatic hydroxyl groups excluding tert-OH is 1. The number of benzene rings is 1. The van der Waals surface area contributed by atoms with Gasteiger partial charge in [-0.25, -0.2) is 0 Å². The smallest absolute Gasteiger partial charge is 0.126 e. The van der Waals surface area contributed by atoms with E-state index in [1.54, 1.807) is 0 Å². The van der Waals surface area contributed by atoms with E-state index < -0.39 is 0 Å². The number of fused-ring (bicyclic) bond motifs is 1. The molecule has 1 unspecified atom stereocenters. The molecule has 1 saturated carbocycles. The second-order valence-electron chi connectivity index (χ2n) is 6.16. The summed E-state index contributed by atoms with van der Waals surface area (Å²) in [6.45, 7) is 3.53. The molecule has 1 aromatic carbocycles. The summed E-state index contributed by atoms with van der Waals surface area (Å²) >= 11 is 6.16. The quantitative estimate of drug-likeness (QED) is 0.875. The Morgan fingerprint density at radius 2 is 2.24 bits per heavy atom. The predicted molar refractivity (Wildman–Crippen MR) is 83.1 cm³/mol. The molecule has 0 aromatic heterocycles. The van der Waals surface area contributed by atoms with Crippen LogP contribution >= 0.6 is 11.6 Å². The van der Waals surface area contributed by atoms with Gasteiger partial charge in [0.2, 0.25) is 0 Å². The first-order valence-electron chi connectivity index (χ1n) is 7.89. The zero-order valence-electron chi connectivity index (χ0n) is 12.5. The van der Waals surface area contributed by atoms with Crippen molar-refractivity contribution in [3.63, 3.8) is 0 Å². The second-order valence-corrected chi connectivity index (χ2v) is 6.60. The molecule has 3 nitrogen and oxygen atoms in total. The average Bonchev–Trinajstić information content (AvgIpc) is 2.84. The van der Waals surface area contributed by atoms with Gasteiger partial charge in [-0.3, -0.25) is 0 Å². The maximum absolute atomic E-state index is 10.3. The minimum Gasteiger partial charge on any atom is -0.493 e. The monoisotopic (exact) mass is 310 g/mol. The summed E-state index contributed by atoms with van der Waals surface area (Å²) in [5.41, 5.74) is 2.22. The van der Waals surface area contributed by atoms with Crippen LogP contribution in [0.5, 0.6) is 5.75 Å². The van der Waals surface area contributed by atoms with E-state index in [9.17, 15) is 5.11 Å². The number of aliphatic hydroxyl groups is 1. The molecule has 2 aliphatic rings.